The summed E-state index contributed by atoms with van der Waals surface area (Å²) in [6, 6.07) is 8.20. The maximum absolute atomic E-state index is 13.5. The zero-order chi connectivity index (χ0) is 22.5. The van der Waals surface area contributed by atoms with Gasteiger partial charge in [-0.05, 0) is 37.7 Å². The van der Waals surface area contributed by atoms with Crippen molar-refractivity contribution < 1.29 is 14.3 Å². The number of nitrogens with zero attached hydrogens (tertiary/aromatic N) is 5. The van der Waals surface area contributed by atoms with Gasteiger partial charge in [0.15, 0.2) is 5.69 Å². The molecule has 3 heterocycles. The highest BCUT2D eigenvalue weighted by molar-refractivity contribution is 5.94. The van der Waals surface area contributed by atoms with Crippen LogP contribution in [0.15, 0.2) is 24.3 Å². The summed E-state index contributed by atoms with van der Waals surface area (Å²) in [6.07, 6.45) is 1.88. The molecule has 1 fully saturated rings. The molecule has 32 heavy (non-hydrogen) atoms. The zero-order valence-electron chi connectivity index (χ0n) is 19.5. The molecule has 2 aliphatic heterocycles. The van der Waals surface area contributed by atoms with Gasteiger partial charge >= 0.3 is 0 Å². The molecule has 0 saturated carbocycles. The molecular weight excluding hydrogens is 406 g/mol. The predicted molar refractivity (Wildman–Crippen MR) is 123 cm³/mol. The second-order valence-corrected chi connectivity index (χ2v) is 8.75. The lowest BCUT2D eigenvalue weighted by Gasteiger charge is -2.28. The maximum Gasteiger partial charge on any atom is 0.274 e. The topological polar surface area (TPSA) is 63.1 Å². The van der Waals surface area contributed by atoms with E-state index in [0.29, 0.717) is 18.8 Å². The van der Waals surface area contributed by atoms with Gasteiger partial charge in [0.05, 0.1) is 20.3 Å². The average molecular weight is 442 g/mol. The molecule has 1 aromatic heterocycles. The van der Waals surface area contributed by atoms with E-state index in [9.17, 15) is 4.79 Å². The highest BCUT2D eigenvalue weighted by atomic mass is 16.5. The number of aromatic nitrogens is 2. The first-order chi connectivity index (χ1) is 15.6. The number of benzene rings is 1. The molecule has 8 heteroatoms. The van der Waals surface area contributed by atoms with Crippen molar-refractivity contribution in [3.8, 4) is 5.75 Å². The van der Waals surface area contributed by atoms with E-state index in [-0.39, 0.29) is 5.91 Å². The molecule has 1 aromatic carbocycles. The molecule has 0 unspecified atom stereocenters. The fraction of sp³-hybridized carbons (Fsp3) is 0.583. The van der Waals surface area contributed by atoms with Gasteiger partial charge in [0.25, 0.3) is 5.91 Å². The Labute approximate surface area is 190 Å². The summed E-state index contributed by atoms with van der Waals surface area (Å²) in [7, 11) is 5.51. The first-order valence-corrected chi connectivity index (χ1v) is 11.5. The Morgan fingerprint density at radius 3 is 2.81 bits per heavy atom. The molecular formula is C24H35N5O3. The maximum atomic E-state index is 13.5. The molecule has 2 aromatic rings. The molecule has 0 bridgehead atoms. The van der Waals surface area contributed by atoms with Crippen LogP contribution in [0.2, 0.25) is 0 Å². The van der Waals surface area contributed by atoms with Gasteiger partial charge in [-0.2, -0.15) is 5.10 Å². The lowest BCUT2D eigenvalue weighted by molar-refractivity contribution is 0.0753. The standard InChI is InChI=1S/C24H35N5O3/c1-26-9-5-10-28(13-12-26)24(30)23-21-18-27(17-19-6-4-7-20(16-19)32-3)11-8-22(21)29(25-23)14-15-31-2/h4,6-7,16H,5,8-15,17-18H2,1-3H3. The Morgan fingerprint density at radius 2 is 2.00 bits per heavy atom. The summed E-state index contributed by atoms with van der Waals surface area (Å²) in [5.74, 6) is 0.936. The average Bonchev–Trinajstić information content (AvgIpc) is 3.02. The third-order valence-corrected chi connectivity index (χ3v) is 6.47. The lowest BCUT2D eigenvalue weighted by atomic mass is 10.0. The smallest absolute Gasteiger partial charge is 0.274 e. The van der Waals surface area contributed by atoms with Crippen LogP contribution < -0.4 is 4.74 Å². The van der Waals surface area contributed by atoms with E-state index in [1.807, 2.05) is 21.7 Å². The van der Waals surface area contributed by atoms with Crippen molar-refractivity contribution in [2.75, 3.05) is 60.6 Å². The van der Waals surface area contributed by atoms with Gasteiger partial charge in [0.2, 0.25) is 0 Å². The summed E-state index contributed by atoms with van der Waals surface area (Å²) in [4.78, 5) is 20.2. The van der Waals surface area contributed by atoms with Crippen LogP contribution in [0.25, 0.3) is 0 Å². The number of rotatable bonds is 7. The van der Waals surface area contributed by atoms with Gasteiger partial charge in [-0.15, -0.1) is 0 Å². The van der Waals surface area contributed by atoms with E-state index in [4.69, 9.17) is 14.6 Å². The summed E-state index contributed by atoms with van der Waals surface area (Å²) in [6.45, 7) is 7.22. The minimum atomic E-state index is 0.0657. The molecule has 0 aliphatic carbocycles. The summed E-state index contributed by atoms with van der Waals surface area (Å²) >= 11 is 0. The molecule has 4 rings (SSSR count). The van der Waals surface area contributed by atoms with Crippen molar-refractivity contribution in [2.24, 2.45) is 0 Å². The quantitative estimate of drug-likeness (QED) is 0.654. The van der Waals surface area contributed by atoms with Crippen LogP contribution in [0, 0.1) is 0 Å². The Balaban J connectivity index is 1.56. The number of carbonyl (C=O) groups excluding carboxylic acids is 1. The molecule has 1 saturated heterocycles. The van der Waals surface area contributed by atoms with Gasteiger partial charge in [-0.3, -0.25) is 14.4 Å². The number of ether oxygens (including phenoxy) is 2. The highest BCUT2D eigenvalue weighted by Crippen LogP contribution is 2.26. The van der Waals surface area contributed by atoms with Gasteiger partial charge in [0.1, 0.15) is 5.75 Å². The van der Waals surface area contributed by atoms with Crippen LogP contribution in [0.5, 0.6) is 5.75 Å². The Kier molecular flexibility index (Phi) is 7.44. The van der Waals surface area contributed by atoms with E-state index in [0.717, 1.165) is 70.0 Å². The SMILES string of the molecule is COCCn1nc(C(=O)N2CCCN(C)CC2)c2c1CCN(Cc1cccc(OC)c1)C2. The van der Waals surface area contributed by atoms with E-state index >= 15 is 0 Å². The fourth-order valence-corrected chi connectivity index (χ4v) is 4.64. The number of amides is 1. The molecule has 0 atom stereocenters. The fourth-order valence-electron chi connectivity index (χ4n) is 4.64. The largest absolute Gasteiger partial charge is 0.497 e. The Bertz CT molecular complexity index is 928. The van der Waals surface area contributed by atoms with Crippen LogP contribution in [0.4, 0.5) is 0 Å². The van der Waals surface area contributed by atoms with Crippen molar-refractivity contribution in [1.82, 2.24) is 24.5 Å². The Morgan fingerprint density at radius 1 is 1.12 bits per heavy atom. The molecule has 0 radical (unpaired) electrons. The van der Waals surface area contributed by atoms with Crippen molar-refractivity contribution in [2.45, 2.75) is 32.5 Å². The van der Waals surface area contributed by atoms with Gasteiger partial charge in [-0.1, -0.05) is 12.1 Å². The molecule has 174 valence electrons. The number of hydrogen-bond acceptors (Lipinski definition) is 6. The normalized spacial score (nSPS) is 17.8. The number of likely N-dealkylation sites (N-methyl/N-ethyl adjacent to an activating group) is 1. The zero-order valence-corrected chi connectivity index (χ0v) is 19.5. The summed E-state index contributed by atoms with van der Waals surface area (Å²) < 4.78 is 12.7. The third-order valence-electron chi connectivity index (χ3n) is 6.47. The van der Waals surface area contributed by atoms with Crippen LogP contribution in [-0.2, 0) is 30.8 Å². The second-order valence-electron chi connectivity index (χ2n) is 8.75. The molecule has 1 amide bonds. The first kappa shape index (κ1) is 22.8. The summed E-state index contributed by atoms with van der Waals surface area (Å²) in [5.41, 5.74) is 4.09. The van der Waals surface area contributed by atoms with E-state index in [1.165, 1.54) is 11.3 Å². The van der Waals surface area contributed by atoms with Crippen molar-refractivity contribution >= 4 is 5.91 Å². The van der Waals surface area contributed by atoms with E-state index in [1.54, 1.807) is 14.2 Å². The molecule has 0 spiro atoms. The molecule has 2 aliphatic rings. The number of fused-ring (bicyclic) bond motifs is 1. The first-order valence-electron chi connectivity index (χ1n) is 11.5. The van der Waals surface area contributed by atoms with Crippen molar-refractivity contribution in [3.05, 3.63) is 46.8 Å². The van der Waals surface area contributed by atoms with Crippen LogP contribution in [-0.4, -0.2) is 91.0 Å². The predicted octanol–water partition coefficient (Wildman–Crippen LogP) is 1.87. The van der Waals surface area contributed by atoms with Gasteiger partial charge in [-0.25, -0.2) is 0 Å². The molecule has 8 nitrogen and oxygen atoms in total. The third kappa shape index (κ3) is 5.14. The highest BCUT2D eigenvalue weighted by Gasteiger charge is 2.31. The lowest BCUT2D eigenvalue weighted by Crippen LogP contribution is -2.36. The minimum absolute atomic E-state index is 0.0657. The minimum Gasteiger partial charge on any atom is -0.497 e. The monoisotopic (exact) mass is 441 g/mol. The van der Waals surface area contributed by atoms with Crippen LogP contribution in [0.1, 0.15) is 33.7 Å². The summed E-state index contributed by atoms with van der Waals surface area (Å²) in [5, 5.41) is 4.81. The number of methoxy groups -OCH3 is 2. The van der Waals surface area contributed by atoms with Crippen LogP contribution >= 0.6 is 0 Å². The van der Waals surface area contributed by atoms with E-state index < -0.39 is 0 Å². The van der Waals surface area contributed by atoms with Crippen molar-refractivity contribution in [1.29, 1.82) is 0 Å². The van der Waals surface area contributed by atoms with Gasteiger partial charge < -0.3 is 19.3 Å². The van der Waals surface area contributed by atoms with Crippen molar-refractivity contribution in [3.63, 3.8) is 0 Å². The molecule has 0 N–H and O–H groups in total. The van der Waals surface area contributed by atoms with Crippen LogP contribution in [0.3, 0.4) is 0 Å². The van der Waals surface area contributed by atoms with Gasteiger partial charge in [0, 0.05) is 64.1 Å². The number of hydrogen-bond donors (Lipinski definition) is 0. The van der Waals surface area contributed by atoms with E-state index in [2.05, 4.69) is 29.0 Å². The second kappa shape index (κ2) is 10.5. The Hall–Kier alpha value is -2.42. The number of carbonyl (C=O) groups is 1.